The van der Waals surface area contributed by atoms with Crippen LogP contribution in [-0.4, -0.2) is 57.8 Å². The van der Waals surface area contributed by atoms with Gasteiger partial charge in [-0.15, -0.1) is 0 Å². The fourth-order valence-corrected chi connectivity index (χ4v) is 3.52. The Morgan fingerprint density at radius 1 is 0.968 bits per heavy atom. The lowest BCUT2D eigenvalue weighted by Crippen LogP contribution is -2.49. The van der Waals surface area contributed by atoms with Crippen molar-refractivity contribution in [2.75, 3.05) is 36.4 Å². The van der Waals surface area contributed by atoms with Crippen molar-refractivity contribution in [1.29, 1.82) is 0 Å². The van der Waals surface area contributed by atoms with Gasteiger partial charge in [0.15, 0.2) is 0 Å². The number of aryl methyl sites for hydroxylation is 1. The van der Waals surface area contributed by atoms with Crippen LogP contribution in [-0.2, 0) is 11.2 Å². The summed E-state index contributed by atoms with van der Waals surface area (Å²) >= 11 is 0. The number of amides is 2. The summed E-state index contributed by atoms with van der Waals surface area (Å²) < 4.78 is 0. The molecule has 4 rings (SSSR count). The van der Waals surface area contributed by atoms with E-state index in [9.17, 15) is 9.59 Å². The molecular weight excluding hydrogens is 392 g/mol. The molecule has 8 heteroatoms. The van der Waals surface area contributed by atoms with Gasteiger partial charge in [0, 0.05) is 62.2 Å². The Balaban J connectivity index is 1.39. The van der Waals surface area contributed by atoms with Crippen molar-refractivity contribution < 1.29 is 9.59 Å². The highest BCUT2D eigenvalue weighted by atomic mass is 16.2. The zero-order valence-corrected chi connectivity index (χ0v) is 17.4. The molecule has 1 N–H and O–H groups in total. The lowest BCUT2D eigenvalue weighted by molar-refractivity contribution is -0.115. The van der Waals surface area contributed by atoms with Gasteiger partial charge in [0.25, 0.3) is 5.91 Å². The average Bonchev–Trinajstić information content (AvgIpc) is 2.81. The number of rotatable bonds is 5. The molecule has 1 saturated heterocycles. The summed E-state index contributed by atoms with van der Waals surface area (Å²) in [6, 6.07) is 10.8. The van der Waals surface area contributed by atoms with Gasteiger partial charge in [-0.3, -0.25) is 14.6 Å². The fourth-order valence-electron chi connectivity index (χ4n) is 3.52. The lowest BCUT2D eigenvalue weighted by Gasteiger charge is -2.34. The molecule has 0 unspecified atom stereocenters. The maximum absolute atomic E-state index is 13.0. The zero-order chi connectivity index (χ0) is 21.6. The van der Waals surface area contributed by atoms with Crippen LogP contribution in [0.5, 0.6) is 0 Å². The monoisotopic (exact) mass is 416 g/mol. The predicted octanol–water partition coefficient (Wildman–Crippen LogP) is 2.32. The molecule has 0 aliphatic carbocycles. The molecule has 1 fully saturated rings. The van der Waals surface area contributed by atoms with Crippen LogP contribution in [0.3, 0.4) is 0 Å². The summed E-state index contributed by atoms with van der Waals surface area (Å²) in [4.78, 5) is 41.9. The van der Waals surface area contributed by atoms with E-state index in [1.807, 2.05) is 36.1 Å². The van der Waals surface area contributed by atoms with Crippen LogP contribution in [0.2, 0.25) is 0 Å². The average molecular weight is 416 g/mol. The molecule has 3 aromatic rings. The van der Waals surface area contributed by atoms with Crippen LogP contribution in [0, 0.1) is 6.92 Å². The maximum Gasteiger partial charge on any atom is 0.254 e. The summed E-state index contributed by atoms with van der Waals surface area (Å²) in [5.41, 5.74) is 3.01. The molecule has 0 bridgehead atoms. The standard InChI is InChI=1S/C23H24N6O2/c1-17-3-4-19(16-20(17)27-21(30)15-18-5-9-24-10-6-18)22(31)28-11-13-29(14-12-28)23-25-7-2-8-26-23/h2-10,16H,11-15H2,1H3,(H,27,30). The number of piperazine rings is 1. The van der Waals surface area contributed by atoms with Crippen molar-refractivity contribution in [3.63, 3.8) is 0 Å². The molecule has 1 aliphatic heterocycles. The Morgan fingerprint density at radius 3 is 2.39 bits per heavy atom. The van der Waals surface area contributed by atoms with Gasteiger partial charge in [-0.1, -0.05) is 6.07 Å². The van der Waals surface area contributed by atoms with Crippen LogP contribution < -0.4 is 10.2 Å². The number of pyridine rings is 1. The van der Waals surface area contributed by atoms with Crippen molar-refractivity contribution in [2.45, 2.75) is 13.3 Å². The first kappa shape index (κ1) is 20.5. The number of carbonyl (C=O) groups is 2. The molecular formula is C23H24N6O2. The third kappa shape index (κ3) is 5.03. The molecule has 158 valence electrons. The summed E-state index contributed by atoms with van der Waals surface area (Å²) in [5.74, 6) is 0.512. The molecule has 0 radical (unpaired) electrons. The van der Waals surface area contributed by atoms with Crippen LogP contribution in [0.25, 0.3) is 0 Å². The van der Waals surface area contributed by atoms with E-state index in [0.717, 1.165) is 11.1 Å². The fraction of sp³-hybridized carbons (Fsp3) is 0.261. The first-order valence-corrected chi connectivity index (χ1v) is 10.2. The number of hydrogen-bond acceptors (Lipinski definition) is 6. The number of benzene rings is 1. The summed E-state index contributed by atoms with van der Waals surface area (Å²) in [6.07, 6.45) is 7.02. The van der Waals surface area contributed by atoms with E-state index >= 15 is 0 Å². The highest BCUT2D eigenvalue weighted by Gasteiger charge is 2.24. The number of carbonyl (C=O) groups excluding carboxylic acids is 2. The Morgan fingerprint density at radius 2 is 1.68 bits per heavy atom. The smallest absolute Gasteiger partial charge is 0.254 e. The van der Waals surface area contributed by atoms with E-state index in [4.69, 9.17) is 0 Å². The summed E-state index contributed by atoms with van der Waals surface area (Å²) in [5, 5.41) is 2.93. The number of nitrogens with one attached hydrogen (secondary N) is 1. The second kappa shape index (κ2) is 9.34. The quantitative estimate of drug-likeness (QED) is 0.686. The van der Waals surface area contributed by atoms with Crippen molar-refractivity contribution >= 4 is 23.5 Å². The SMILES string of the molecule is Cc1ccc(C(=O)N2CCN(c3ncccn3)CC2)cc1NC(=O)Cc1ccncc1. The largest absolute Gasteiger partial charge is 0.337 e. The molecule has 0 atom stereocenters. The molecule has 3 heterocycles. The number of hydrogen-bond donors (Lipinski definition) is 1. The topological polar surface area (TPSA) is 91.3 Å². The van der Waals surface area contributed by atoms with Gasteiger partial charge in [-0.2, -0.15) is 0 Å². The van der Waals surface area contributed by atoms with Gasteiger partial charge in [0.1, 0.15) is 0 Å². The van der Waals surface area contributed by atoms with E-state index in [0.29, 0.717) is 43.4 Å². The first-order valence-electron chi connectivity index (χ1n) is 10.2. The summed E-state index contributed by atoms with van der Waals surface area (Å²) in [7, 11) is 0. The molecule has 31 heavy (non-hydrogen) atoms. The Hall–Kier alpha value is -3.81. The highest BCUT2D eigenvalue weighted by Crippen LogP contribution is 2.20. The minimum atomic E-state index is -0.129. The van der Waals surface area contributed by atoms with E-state index in [2.05, 4.69) is 25.2 Å². The minimum Gasteiger partial charge on any atom is -0.337 e. The molecule has 2 aromatic heterocycles. The van der Waals surface area contributed by atoms with Crippen molar-refractivity contribution in [3.05, 3.63) is 77.9 Å². The number of nitrogens with zero attached hydrogens (tertiary/aromatic N) is 5. The van der Waals surface area contributed by atoms with E-state index in [1.54, 1.807) is 36.9 Å². The molecule has 1 aromatic carbocycles. The van der Waals surface area contributed by atoms with Crippen LogP contribution in [0.4, 0.5) is 11.6 Å². The van der Waals surface area contributed by atoms with Gasteiger partial charge in [0.2, 0.25) is 11.9 Å². The zero-order valence-electron chi connectivity index (χ0n) is 17.4. The van der Waals surface area contributed by atoms with Crippen molar-refractivity contribution in [2.24, 2.45) is 0 Å². The minimum absolute atomic E-state index is 0.0433. The van der Waals surface area contributed by atoms with Gasteiger partial charge in [-0.05, 0) is 48.4 Å². The number of anilines is 2. The number of aromatic nitrogens is 3. The van der Waals surface area contributed by atoms with Crippen LogP contribution in [0.15, 0.2) is 61.2 Å². The van der Waals surface area contributed by atoms with Crippen molar-refractivity contribution in [3.8, 4) is 0 Å². The van der Waals surface area contributed by atoms with E-state index in [1.165, 1.54) is 0 Å². The van der Waals surface area contributed by atoms with Crippen LogP contribution >= 0.6 is 0 Å². The highest BCUT2D eigenvalue weighted by molar-refractivity contribution is 5.98. The predicted molar refractivity (Wildman–Crippen MR) is 118 cm³/mol. The van der Waals surface area contributed by atoms with Crippen LogP contribution in [0.1, 0.15) is 21.5 Å². The van der Waals surface area contributed by atoms with Gasteiger partial charge in [-0.25, -0.2) is 9.97 Å². The second-order valence-electron chi connectivity index (χ2n) is 7.44. The van der Waals surface area contributed by atoms with Gasteiger partial charge in [0.05, 0.1) is 6.42 Å². The van der Waals surface area contributed by atoms with Gasteiger partial charge >= 0.3 is 0 Å². The third-order valence-electron chi connectivity index (χ3n) is 5.27. The Kier molecular flexibility index (Phi) is 6.16. The second-order valence-corrected chi connectivity index (χ2v) is 7.44. The molecule has 2 amide bonds. The molecule has 8 nitrogen and oxygen atoms in total. The third-order valence-corrected chi connectivity index (χ3v) is 5.27. The molecule has 0 spiro atoms. The normalized spacial score (nSPS) is 13.7. The summed E-state index contributed by atoms with van der Waals surface area (Å²) in [6.45, 7) is 4.45. The van der Waals surface area contributed by atoms with E-state index in [-0.39, 0.29) is 18.2 Å². The first-order chi connectivity index (χ1) is 15.1. The Bertz CT molecular complexity index is 1050. The van der Waals surface area contributed by atoms with Crippen molar-refractivity contribution in [1.82, 2.24) is 19.9 Å². The lowest BCUT2D eigenvalue weighted by atomic mass is 10.1. The maximum atomic E-state index is 13.0. The molecule has 1 aliphatic rings. The van der Waals surface area contributed by atoms with E-state index < -0.39 is 0 Å². The Labute approximate surface area is 181 Å². The molecule has 0 saturated carbocycles. The van der Waals surface area contributed by atoms with Gasteiger partial charge < -0.3 is 15.1 Å².